The highest BCUT2D eigenvalue weighted by atomic mass is 28.2. The van der Waals surface area contributed by atoms with Gasteiger partial charge in [-0.05, 0) is 30.0 Å². The lowest BCUT2D eigenvalue weighted by Gasteiger charge is -2.15. The van der Waals surface area contributed by atoms with Crippen molar-refractivity contribution >= 4 is 9.52 Å². The van der Waals surface area contributed by atoms with Gasteiger partial charge < -0.3 is 4.74 Å². The summed E-state index contributed by atoms with van der Waals surface area (Å²) in [6, 6.07) is 9.46. The van der Waals surface area contributed by atoms with Gasteiger partial charge in [-0.15, -0.1) is 0 Å². The van der Waals surface area contributed by atoms with Gasteiger partial charge in [0, 0.05) is 9.52 Å². The summed E-state index contributed by atoms with van der Waals surface area (Å²) in [5, 5.41) is 0. The molecule has 1 rings (SSSR count). The van der Waals surface area contributed by atoms with E-state index in [0.717, 1.165) is 13.0 Å². The van der Waals surface area contributed by atoms with Gasteiger partial charge in [0.05, 0.1) is 6.61 Å². The van der Waals surface area contributed by atoms with Crippen LogP contribution in [0.5, 0.6) is 5.75 Å². The molecule has 0 amide bonds. The number of unbranched alkanes of at least 4 members (excludes halogenated alkanes) is 3. The molecule has 0 saturated carbocycles. The van der Waals surface area contributed by atoms with Crippen molar-refractivity contribution < 1.29 is 4.74 Å². The van der Waals surface area contributed by atoms with E-state index in [-0.39, 0.29) is 9.52 Å². The molecule has 0 aliphatic heterocycles. The number of hydrogen-bond donors (Lipinski definition) is 0. The van der Waals surface area contributed by atoms with Crippen LogP contribution in [0, 0.1) is 0 Å². The molecule has 0 heterocycles. The minimum Gasteiger partial charge on any atom is -0.493 e. The van der Waals surface area contributed by atoms with Gasteiger partial charge in [0.15, 0.2) is 0 Å². The number of hydrogen-bond acceptors (Lipinski definition) is 1. The molecule has 1 nitrogen and oxygen atoms in total. The van der Waals surface area contributed by atoms with E-state index >= 15 is 0 Å². The molecule has 0 N–H and O–H groups in total. The summed E-state index contributed by atoms with van der Waals surface area (Å²) in [7, 11) is 0.0514. The van der Waals surface area contributed by atoms with E-state index in [0.29, 0.717) is 0 Å². The molecule has 0 saturated heterocycles. The topological polar surface area (TPSA) is 9.23 Å². The number of benzene rings is 1. The van der Waals surface area contributed by atoms with E-state index in [1.807, 2.05) is 0 Å². The Balaban J connectivity index is 2.59. The molecule has 0 aliphatic carbocycles. The second kappa shape index (κ2) is 11.0. The Morgan fingerprint density at radius 3 is 2.45 bits per heavy atom. The fourth-order valence-electron chi connectivity index (χ4n) is 2.57. The van der Waals surface area contributed by atoms with Crippen molar-refractivity contribution in [3.63, 3.8) is 0 Å². The third kappa shape index (κ3) is 6.13. The fourth-order valence-corrected chi connectivity index (χ4v) is 4.09. The van der Waals surface area contributed by atoms with E-state index < -0.39 is 0 Å². The smallest absolute Gasteiger partial charge is 0.125 e. The van der Waals surface area contributed by atoms with Gasteiger partial charge in [0.25, 0.3) is 0 Å². The first-order valence-corrected chi connectivity index (χ1v) is 10.6. The lowest BCUT2D eigenvalue weighted by Crippen LogP contribution is -2.05. The molecule has 0 aliphatic rings. The van der Waals surface area contributed by atoms with Crippen molar-refractivity contribution in [3.05, 3.63) is 29.3 Å². The largest absolute Gasteiger partial charge is 0.493 e. The van der Waals surface area contributed by atoms with Crippen LogP contribution < -0.4 is 4.74 Å². The Bertz CT molecular complexity index is 362. The monoisotopic (exact) mass is 292 g/mol. The summed E-state index contributed by atoms with van der Waals surface area (Å²) in [6.07, 6.45) is 7.53. The maximum atomic E-state index is 6.16. The highest BCUT2D eigenvalue weighted by Crippen LogP contribution is 2.25. The molecular weight excluding hydrogens is 260 g/mol. The summed E-state index contributed by atoms with van der Waals surface area (Å²) in [4.78, 5) is 0. The van der Waals surface area contributed by atoms with Crippen LogP contribution in [-0.2, 0) is 12.5 Å². The molecule has 0 fully saturated rings. The van der Waals surface area contributed by atoms with E-state index in [4.69, 9.17) is 4.74 Å². The van der Waals surface area contributed by atoms with E-state index in [1.165, 1.54) is 61.1 Å². The molecule has 2 heteroatoms. The predicted molar refractivity (Wildman–Crippen MR) is 92.8 cm³/mol. The van der Waals surface area contributed by atoms with Crippen LogP contribution in [0.3, 0.4) is 0 Å². The summed E-state index contributed by atoms with van der Waals surface area (Å²) >= 11 is 0. The normalized spacial score (nSPS) is 11.3. The van der Waals surface area contributed by atoms with Gasteiger partial charge in [0.2, 0.25) is 0 Å². The molecule has 0 unspecified atom stereocenters. The molecule has 0 aromatic heterocycles. The van der Waals surface area contributed by atoms with E-state index in [9.17, 15) is 0 Å². The minimum absolute atomic E-state index is 0.0514. The average molecular weight is 293 g/mol. The highest BCUT2D eigenvalue weighted by molar-refractivity contribution is 6.34. The summed E-state index contributed by atoms with van der Waals surface area (Å²) in [5.41, 5.74) is 2.86. The first-order valence-electron chi connectivity index (χ1n) is 8.57. The fraction of sp³-hybridized carbons (Fsp3) is 0.667. The Morgan fingerprint density at radius 1 is 0.950 bits per heavy atom. The van der Waals surface area contributed by atoms with Crippen molar-refractivity contribution in [3.8, 4) is 5.75 Å². The molecular formula is C18H32OSi. The van der Waals surface area contributed by atoms with Gasteiger partial charge in [-0.3, -0.25) is 0 Å². The maximum absolute atomic E-state index is 6.16. The number of rotatable bonds is 11. The zero-order valence-electron chi connectivity index (χ0n) is 13.7. The van der Waals surface area contributed by atoms with Crippen LogP contribution in [-0.4, -0.2) is 16.1 Å². The van der Waals surface area contributed by atoms with Crippen LogP contribution in [0.2, 0.25) is 6.04 Å². The molecule has 1 aromatic rings. The van der Waals surface area contributed by atoms with Crippen molar-refractivity contribution in [2.24, 2.45) is 0 Å². The van der Waals surface area contributed by atoms with Crippen molar-refractivity contribution in [1.82, 2.24) is 0 Å². The molecule has 0 atom stereocenters. The van der Waals surface area contributed by atoms with Gasteiger partial charge in [0.1, 0.15) is 5.75 Å². The van der Waals surface area contributed by atoms with Crippen molar-refractivity contribution in [2.45, 2.75) is 71.4 Å². The van der Waals surface area contributed by atoms with Crippen molar-refractivity contribution in [2.75, 3.05) is 6.61 Å². The van der Waals surface area contributed by atoms with Crippen LogP contribution in [0.15, 0.2) is 18.2 Å². The Morgan fingerprint density at radius 2 is 1.75 bits per heavy atom. The van der Waals surface area contributed by atoms with Gasteiger partial charge in [-0.1, -0.05) is 70.7 Å². The second-order valence-corrected chi connectivity index (χ2v) is 7.54. The van der Waals surface area contributed by atoms with Crippen LogP contribution in [0.25, 0.3) is 0 Å². The molecule has 114 valence electrons. The Kier molecular flexibility index (Phi) is 9.47. The highest BCUT2D eigenvalue weighted by Gasteiger charge is 2.08. The summed E-state index contributed by atoms with van der Waals surface area (Å²) < 4.78 is 6.16. The molecule has 1 aromatic carbocycles. The number of para-hydroxylation sites is 1. The minimum atomic E-state index is 0.0514. The van der Waals surface area contributed by atoms with Crippen LogP contribution in [0.1, 0.15) is 64.0 Å². The third-order valence-corrected chi connectivity index (χ3v) is 5.95. The second-order valence-electron chi connectivity index (χ2n) is 5.63. The zero-order chi connectivity index (χ0) is 14.6. The standard InChI is InChI=1S/C18H32OSi/c1-4-7-8-9-13-19-18-16(6-3)11-10-12-17(18)15-20-14-5-2/h10-12H,4-9,13-15,20H2,1-3H3. The predicted octanol–water partition coefficient (Wildman–Crippen LogP) is 4.71. The zero-order valence-corrected chi connectivity index (χ0v) is 15.1. The van der Waals surface area contributed by atoms with Crippen molar-refractivity contribution in [1.29, 1.82) is 0 Å². The molecule has 0 spiro atoms. The van der Waals surface area contributed by atoms with E-state index in [1.54, 1.807) is 0 Å². The SMILES string of the molecule is CCCCCCOc1c(CC)cccc1C[SiH2]CCC. The third-order valence-electron chi connectivity index (χ3n) is 3.85. The van der Waals surface area contributed by atoms with Gasteiger partial charge >= 0.3 is 0 Å². The molecule has 0 radical (unpaired) electrons. The van der Waals surface area contributed by atoms with E-state index in [2.05, 4.69) is 39.0 Å². The summed E-state index contributed by atoms with van der Waals surface area (Å²) in [5.74, 6) is 1.22. The quantitative estimate of drug-likeness (QED) is 0.424. The molecule has 20 heavy (non-hydrogen) atoms. The lowest BCUT2D eigenvalue weighted by atomic mass is 10.1. The lowest BCUT2D eigenvalue weighted by molar-refractivity contribution is 0.300. The van der Waals surface area contributed by atoms with Crippen LogP contribution >= 0.6 is 0 Å². The summed E-state index contributed by atoms with van der Waals surface area (Å²) in [6.45, 7) is 7.66. The number of ether oxygens (including phenoxy) is 1. The first-order chi connectivity index (χ1) is 9.83. The number of aryl methyl sites for hydroxylation is 1. The van der Waals surface area contributed by atoms with Crippen LogP contribution in [0.4, 0.5) is 0 Å². The Labute approximate surface area is 127 Å². The molecule has 0 bridgehead atoms. The average Bonchev–Trinajstić information content (AvgIpc) is 2.48. The Hall–Kier alpha value is -0.763. The first kappa shape index (κ1) is 17.3. The van der Waals surface area contributed by atoms with Gasteiger partial charge in [-0.25, -0.2) is 0 Å². The van der Waals surface area contributed by atoms with Gasteiger partial charge in [-0.2, -0.15) is 0 Å². The maximum Gasteiger partial charge on any atom is 0.125 e.